The molecule has 2 saturated heterocycles. The lowest BCUT2D eigenvalue weighted by atomic mass is 9.91. The maximum absolute atomic E-state index is 15.3. The molecule has 2 aromatic carbocycles. The van der Waals surface area contributed by atoms with Crippen LogP contribution in [0.25, 0.3) is 0 Å². The monoisotopic (exact) mass is 449 g/mol. The summed E-state index contributed by atoms with van der Waals surface area (Å²) >= 11 is 0. The lowest BCUT2D eigenvalue weighted by molar-refractivity contribution is -0.117. The van der Waals surface area contributed by atoms with E-state index in [2.05, 4.69) is 5.32 Å². The summed E-state index contributed by atoms with van der Waals surface area (Å²) in [5, 5.41) is 3.29. The number of carbonyl (C=O) groups is 1. The molecule has 0 aliphatic carbocycles. The molecule has 2 heterocycles. The summed E-state index contributed by atoms with van der Waals surface area (Å²) < 4.78 is 53.6. The Labute approximate surface area is 180 Å². The van der Waals surface area contributed by atoms with Crippen LogP contribution in [-0.4, -0.2) is 41.1 Å². The number of methoxy groups -OCH3 is 1. The van der Waals surface area contributed by atoms with E-state index in [1.54, 1.807) is 37.4 Å². The van der Waals surface area contributed by atoms with Gasteiger partial charge in [-0.1, -0.05) is 12.1 Å². The van der Waals surface area contributed by atoms with Crippen LogP contribution in [0.1, 0.15) is 29.9 Å². The van der Waals surface area contributed by atoms with Crippen LogP contribution < -0.4 is 23.8 Å². The van der Waals surface area contributed by atoms with Crippen LogP contribution in [-0.2, 0) is 21.6 Å². The molecule has 1 amide bonds. The van der Waals surface area contributed by atoms with Crippen LogP contribution in [0.3, 0.4) is 0 Å². The number of ether oxygens (including phenoxy) is 2. The summed E-state index contributed by atoms with van der Waals surface area (Å²) in [5.74, 6) is -0.601. The Morgan fingerprint density at radius 2 is 2.00 bits per heavy atom. The van der Waals surface area contributed by atoms with Gasteiger partial charge in [0, 0.05) is 6.54 Å². The van der Waals surface area contributed by atoms with Gasteiger partial charge in [-0.25, -0.2) is 13.4 Å². The molecule has 2 aliphatic rings. The Morgan fingerprint density at radius 1 is 1.23 bits per heavy atom. The van der Waals surface area contributed by atoms with Gasteiger partial charge in [-0.05, 0) is 60.7 Å². The SMILES string of the molecule is COc1ccc(COc2cc(C3CCCNC3)cc(F)c2N2CC(=O)NS2(=O)=O)cc1. The number of hydrogen-bond acceptors (Lipinski definition) is 6. The van der Waals surface area contributed by atoms with Gasteiger partial charge >= 0.3 is 10.2 Å². The molecule has 31 heavy (non-hydrogen) atoms. The van der Waals surface area contributed by atoms with Crippen LogP contribution in [0.5, 0.6) is 11.5 Å². The number of benzene rings is 2. The highest BCUT2D eigenvalue weighted by Crippen LogP contribution is 2.38. The Kier molecular flexibility index (Phi) is 6.01. The predicted octanol–water partition coefficient (Wildman–Crippen LogP) is 2.06. The number of piperidine rings is 1. The molecule has 0 bridgehead atoms. The number of halogens is 1. The summed E-state index contributed by atoms with van der Waals surface area (Å²) in [7, 11) is -2.61. The van der Waals surface area contributed by atoms with E-state index in [4.69, 9.17) is 9.47 Å². The van der Waals surface area contributed by atoms with Gasteiger partial charge in [0.2, 0.25) is 0 Å². The molecule has 1 atom stereocenters. The predicted molar refractivity (Wildman–Crippen MR) is 113 cm³/mol. The van der Waals surface area contributed by atoms with Crippen molar-refractivity contribution in [3.05, 3.63) is 53.3 Å². The maximum atomic E-state index is 15.3. The molecule has 2 aliphatic heterocycles. The molecule has 166 valence electrons. The largest absolute Gasteiger partial charge is 0.497 e. The van der Waals surface area contributed by atoms with Crippen molar-refractivity contribution < 1.29 is 27.1 Å². The molecule has 4 rings (SSSR count). The molecule has 0 spiro atoms. The first-order chi connectivity index (χ1) is 14.9. The number of nitrogens with one attached hydrogen (secondary N) is 2. The van der Waals surface area contributed by atoms with Crippen LogP contribution >= 0.6 is 0 Å². The minimum Gasteiger partial charge on any atom is -0.497 e. The second-order valence-electron chi connectivity index (χ2n) is 7.57. The third-order valence-electron chi connectivity index (χ3n) is 5.44. The van der Waals surface area contributed by atoms with E-state index in [-0.39, 0.29) is 24.0 Å². The van der Waals surface area contributed by atoms with Crippen molar-refractivity contribution >= 4 is 21.8 Å². The van der Waals surface area contributed by atoms with Crippen LogP contribution in [0.2, 0.25) is 0 Å². The fourth-order valence-corrected chi connectivity index (χ4v) is 5.01. The van der Waals surface area contributed by atoms with Gasteiger partial charge in [-0.3, -0.25) is 4.79 Å². The minimum atomic E-state index is -4.18. The van der Waals surface area contributed by atoms with Gasteiger partial charge in [0.25, 0.3) is 5.91 Å². The van der Waals surface area contributed by atoms with Crippen molar-refractivity contribution in [3.63, 3.8) is 0 Å². The minimum absolute atomic E-state index is 0.0801. The smallest absolute Gasteiger partial charge is 0.326 e. The molecule has 10 heteroatoms. The van der Waals surface area contributed by atoms with Crippen molar-refractivity contribution in [1.82, 2.24) is 10.0 Å². The Hall–Kier alpha value is -2.85. The van der Waals surface area contributed by atoms with Gasteiger partial charge in [0.15, 0.2) is 5.82 Å². The van der Waals surface area contributed by atoms with Crippen molar-refractivity contribution in [2.45, 2.75) is 25.4 Å². The molecule has 2 aromatic rings. The average Bonchev–Trinajstić information content (AvgIpc) is 3.04. The molecular formula is C21H24FN3O5S. The van der Waals surface area contributed by atoms with E-state index in [0.29, 0.717) is 12.3 Å². The molecular weight excluding hydrogens is 425 g/mol. The summed E-state index contributed by atoms with van der Waals surface area (Å²) in [4.78, 5) is 11.7. The lowest BCUT2D eigenvalue weighted by Gasteiger charge is -2.26. The fraction of sp³-hybridized carbons (Fsp3) is 0.381. The van der Waals surface area contributed by atoms with E-state index in [1.165, 1.54) is 6.07 Å². The summed E-state index contributed by atoms with van der Waals surface area (Å²) in [6.07, 6.45) is 1.86. The number of rotatable bonds is 6. The Bertz CT molecular complexity index is 1070. The zero-order chi connectivity index (χ0) is 22.0. The van der Waals surface area contributed by atoms with E-state index in [0.717, 1.165) is 34.8 Å². The maximum Gasteiger partial charge on any atom is 0.326 e. The molecule has 1 unspecified atom stereocenters. The molecule has 2 fully saturated rings. The topological polar surface area (TPSA) is 97.0 Å². The molecule has 2 N–H and O–H groups in total. The van der Waals surface area contributed by atoms with Crippen molar-refractivity contribution in [3.8, 4) is 11.5 Å². The van der Waals surface area contributed by atoms with Crippen LogP contribution in [0, 0.1) is 5.82 Å². The van der Waals surface area contributed by atoms with E-state index in [9.17, 15) is 13.2 Å². The van der Waals surface area contributed by atoms with Gasteiger partial charge < -0.3 is 14.8 Å². The first-order valence-corrected chi connectivity index (χ1v) is 11.4. The summed E-state index contributed by atoms with van der Waals surface area (Å²) in [5.41, 5.74) is 1.27. The number of amides is 1. The summed E-state index contributed by atoms with van der Waals surface area (Å²) in [6.45, 7) is 1.22. The standard InChI is InChI=1S/C21H24FN3O5S/c1-29-17-6-4-14(5-7-17)13-30-19-10-16(15-3-2-8-23-11-15)9-18(22)21(19)25-12-20(26)24-31(25,27)28/h4-7,9-10,15,23H,2-3,8,11-13H2,1H3,(H,24,26). The summed E-state index contributed by atoms with van der Waals surface area (Å²) in [6, 6.07) is 10.2. The molecule has 0 radical (unpaired) electrons. The number of anilines is 1. The van der Waals surface area contributed by atoms with Crippen LogP contribution in [0.4, 0.5) is 10.1 Å². The zero-order valence-corrected chi connectivity index (χ0v) is 17.9. The normalized spacial score (nSPS) is 20.4. The van der Waals surface area contributed by atoms with Crippen molar-refractivity contribution in [2.24, 2.45) is 0 Å². The van der Waals surface area contributed by atoms with Crippen LogP contribution in [0.15, 0.2) is 36.4 Å². The lowest BCUT2D eigenvalue weighted by Crippen LogP contribution is -2.31. The number of nitrogens with zero attached hydrogens (tertiary/aromatic N) is 1. The second-order valence-corrected chi connectivity index (χ2v) is 9.16. The fourth-order valence-electron chi connectivity index (χ4n) is 3.85. The highest BCUT2D eigenvalue weighted by Gasteiger charge is 2.38. The number of carbonyl (C=O) groups excluding carboxylic acids is 1. The highest BCUT2D eigenvalue weighted by atomic mass is 32.2. The van der Waals surface area contributed by atoms with Gasteiger partial charge in [0.1, 0.15) is 30.3 Å². The van der Waals surface area contributed by atoms with Gasteiger partial charge in [0.05, 0.1) is 7.11 Å². The van der Waals surface area contributed by atoms with Gasteiger partial charge in [-0.2, -0.15) is 8.42 Å². The first kappa shape index (κ1) is 21.4. The first-order valence-electron chi connectivity index (χ1n) is 10.0. The van der Waals surface area contributed by atoms with E-state index in [1.807, 2.05) is 4.72 Å². The highest BCUT2D eigenvalue weighted by molar-refractivity contribution is 7.92. The van der Waals surface area contributed by atoms with E-state index >= 15 is 4.39 Å². The van der Waals surface area contributed by atoms with Gasteiger partial charge in [-0.15, -0.1) is 0 Å². The third-order valence-corrected chi connectivity index (χ3v) is 6.82. The number of hydrogen-bond donors (Lipinski definition) is 2. The molecule has 8 nitrogen and oxygen atoms in total. The van der Waals surface area contributed by atoms with Crippen molar-refractivity contribution in [2.75, 3.05) is 31.0 Å². The quantitative estimate of drug-likeness (QED) is 0.701. The molecule has 0 aromatic heterocycles. The molecule has 0 saturated carbocycles. The average molecular weight is 450 g/mol. The van der Waals surface area contributed by atoms with Crippen molar-refractivity contribution in [1.29, 1.82) is 0 Å². The third kappa shape index (κ3) is 4.59. The Morgan fingerprint density at radius 3 is 2.61 bits per heavy atom. The second kappa shape index (κ2) is 8.72. The Balaban J connectivity index is 1.69. The van der Waals surface area contributed by atoms with E-state index < -0.39 is 28.5 Å². The zero-order valence-electron chi connectivity index (χ0n) is 17.1.